The summed E-state index contributed by atoms with van der Waals surface area (Å²) in [7, 11) is 0. The van der Waals surface area contributed by atoms with Crippen molar-refractivity contribution in [3.8, 4) is 89.3 Å². The molecule has 0 unspecified atom stereocenters. The van der Waals surface area contributed by atoms with Crippen molar-refractivity contribution in [1.82, 2.24) is 15.0 Å². The molecule has 0 fully saturated rings. The molecule has 8 aromatic carbocycles. The van der Waals surface area contributed by atoms with Crippen LogP contribution in [0.4, 0.5) is 0 Å². The Morgan fingerprint density at radius 3 is 1.08 bits per heavy atom. The normalized spacial score (nSPS) is 11.2. The molecule has 11 aromatic rings. The highest BCUT2D eigenvalue weighted by Crippen LogP contribution is 2.42. The van der Waals surface area contributed by atoms with E-state index in [1.807, 2.05) is 30.7 Å². The first-order valence-electron chi connectivity index (χ1n) is 21.0. The van der Waals surface area contributed by atoms with E-state index < -0.39 is 0 Å². The summed E-state index contributed by atoms with van der Waals surface area (Å²) in [5, 5.41) is 3.47. The second-order valence-electron chi connectivity index (χ2n) is 15.6. The van der Waals surface area contributed by atoms with E-state index in [0.717, 1.165) is 106 Å². The summed E-state index contributed by atoms with van der Waals surface area (Å²) in [6, 6.07) is 77.5. The summed E-state index contributed by atoms with van der Waals surface area (Å²) in [6.07, 6.45) is 6.03. The quantitative estimate of drug-likeness (QED) is 0.144. The third-order valence-electron chi connectivity index (χ3n) is 11.8. The molecule has 0 amide bonds. The first kappa shape index (κ1) is 36.8. The minimum atomic E-state index is 0.951. The summed E-state index contributed by atoms with van der Waals surface area (Å²) in [6.45, 7) is 0. The SMILES string of the molecule is c1ccc(-c2ccc(-c3ccccc3-c3cc(-c4ccccc4-c4ccc(-c5ccccc5)nc4)cc(-c4ccccc4-c4cnc5c(ccc6ccccc65)c4)c3)cn2)cc1. The van der Waals surface area contributed by atoms with E-state index in [1.165, 1.54) is 5.39 Å². The Labute approximate surface area is 361 Å². The molecule has 0 saturated carbocycles. The van der Waals surface area contributed by atoms with Crippen LogP contribution in [0.15, 0.2) is 237 Å². The Kier molecular flexibility index (Phi) is 9.53. The lowest BCUT2D eigenvalue weighted by Gasteiger charge is -2.18. The standard InChI is InChI=1S/C59H39N3/c1-3-16-41(17-4-1)57-31-29-44(37-60-57)50-20-9-11-22-52(50)46-34-47(53-23-12-10-21-51(53)45-30-32-58(61-38-45)42-18-5-2-6-19-42)36-48(35-46)54-24-13-14-25-55(54)49-33-43-28-27-40-15-7-8-26-56(40)59(43)62-39-49/h1-39H. The van der Waals surface area contributed by atoms with Gasteiger partial charge in [0.2, 0.25) is 0 Å². The van der Waals surface area contributed by atoms with Crippen molar-refractivity contribution >= 4 is 21.7 Å². The zero-order valence-electron chi connectivity index (χ0n) is 33.9. The zero-order valence-corrected chi connectivity index (χ0v) is 33.9. The first-order valence-corrected chi connectivity index (χ1v) is 21.0. The van der Waals surface area contributed by atoms with Crippen LogP contribution in [0.1, 0.15) is 0 Å². The zero-order chi connectivity index (χ0) is 41.2. The van der Waals surface area contributed by atoms with Crippen molar-refractivity contribution in [2.24, 2.45) is 0 Å². The fourth-order valence-electron chi connectivity index (χ4n) is 8.74. The van der Waals surface area contributed by atoms with Crippen LogP contribution in [0.3, 0.4) is 0 Å². The lowest BCUT2D eigenvalue weighted by Crippen LogP contribution is -1.93. The van der Waals surface area contributed by atoms with Gasteiger partial charge in [0.15, 0.2) is 0 Å². The van der Waals surface area contributed by atoms with Gasteiger partial charge in [-0.25, -0.2) is 0 Å². The van der Waals surface area contributed by atoms with Crippen LogP contribution in [0.2, 0.25) is 0 Å². The smallest absolute Gasteiger partial charge is 0.0780 e. The monoisotopic (exact) mass is 789 g/mol. The number of nitrogens with zero attached hydrogens (tertiary/aromatic N) is 3. The predicted octanol–water partition coefficient (Wildman–Crippen LogP) is 15.5. The van der Waals surface area contributed by atoms with Gasteiger partial charge in [0.25, 0.3) is 0 Å². The number of hydrogen-bond acceptors (Lipinski definition) is 3. The van der Waals surface area contributed by atoms with Gasteiger partial charge in [-0.2, -0.15) is 0 Å². The van der Waals surface area contributed by atoms with Crippen molar-refractivity contribution in [2.45, 2.75) is 0 Å². The van der Waals surface area contributed by atoms with Gasteiger partial charge in [-0.15, -0.1) is 0 Å². The van der Waals surface area contributed by atoms with Crippen molar-refractivity contribution in [2.75, 3.05) is 0 Å². The molecule has 0 bridgehead atoms. The molecule has 0 aliphatic carbocycles. The molecule has 0 saturated heterocycles. The Morgan fingerprint density at radius 1 is 0.226 bits per heavy atom. The highest BCUT2D eigenvalue weighted by Gasteiger charge is 2.17. The Morgan fingerprint density at radius 2 is 0.613 bits per heavy atom. The van der Waals surface area contributed by atoms with E-state index in [4.69, 9.17) is 15.0 Å². The van der Waals surface area contributed by atoms with Gasteiger partial charge in [0.05, 0.1) is 16.9 Å². The van der Waals surface area contributed by atoms with E-state index in [1.54, 1.807) is 0 Å². The van der Waals surface area contributed by atoms with E-state index in [9.17, 15) is 0 Å². The summed E-state index contributed by atoms with van der Waals surface area (Å²) >= 11 is 0. The van der Waals surface area contributed by atoms with Gasteiger partial charge in [-0.1, -0.05) is 182 Å². The topological polar surface area (TPSA) is 38.7 Å². The fourth-order valence-corrected chi connectivity index (χ4v) is 8.74. The van der Waals surface area contributed by atoms with Crippen LogP contribution >= 0.6 is 0 Å². The summed E-state index contributed by atoms with van der Waals surface area (Å²) in [5.74, 6) is 0. The van der Waals surface area contributed by atoms with E-state index >= 15 is 0 Å². The molecule has 3 heterocycles. The van der Waals surface area contributed by atoms with Gasteiger partial charge >= 0.3 is 0 Å². The van der Waals surface area contributed by atoms with Crippen LogP contribution in [0.5, 0.6) is 0 Å². The Hall–Kier alpha value is -8.27. The second kappa shape index (κ2) is 16.1. The molecule has 0 aliphatic rings. The average Bonchev–Trinajstić information content (AvgIpc) is 3.36. The Balaban J connectivity index is 1.08. The van der Waals surface area contributed by atoms with Crippen LogP contribution < -0.4 is 0 Å². The second-order valence-corrected chi connectivity index (χ2v) is 15.6. The molecule has 3 heteroatoms. The predicted molar refractivity (Wildman–Crippen MR) is 258 cm³/mol. The number of rotatable bonds is 8. The van der Waals surface area contributed by atoms with Crippen LogP contribution in [-0.4, -0.2) is 15.0 Å². The average molecular weight is 790 g/mol. The van der Waals surface area contributed by atoms with Gasteiger partial charge in [0, 0.05) is 57.2 Å². The lowest BCUT2D eigenvalue weighted by atomic mass is 9.86. The molecule has 0 aliphatic heterocycles. The maximum atomic E-state index is 5.08. The number of aromatic nitrogens is 3. The molecule has 0 atom stereocenters. The van der Waals surface area contributed by atoms with E-state index in [-0.39, 0.29) is 0 Å². The molecule has 290 valence electrons. The number of benzene rings is 8. The van der Waals surface area contributed by atoms with Crippen molar-refractivity contribution in [3.05, 3.63) is 237 Å². The third kappa shape index (κ3) is 7.02. The maximum absolute atomic E-state index is 5.08. The maximum Gasteiger partial charge on any atom is 0.0780 e. The van der Waals surface area contributed by atoms with Crippen molar-refractivity contribution in [3.63, 3.8) is 0 Å². The largest absolute Gasteiger partial charge is 0.256 e. The summed E-state index contributed by atoms with van der Waals surface area (Å²) in [5.41, 5.74) is 18.4. The van der Waals surface area contributed by atoms with E-state index in [0.29, 0.717) is 0 Å². The minimum Gasteiger partial charge on any atom is -0.256 e. The van der Waals surface area contributed by atoms with Gasteiger partial charge in [-0.3, -0.25) is 15.0 Å². The summed E-state index contributed by atoms with van der Waals surface area (Å²) < 4.78 is 0. The number of fused-ring (bicyclic) bond motifs is 3. The molecular weight excluding hydrogens is 751 g/mol. The number of hydrogen-bond donors (Lipinski definition) is 0. The van der Waals surface area contributed by atoms with Crippen LogP contribution in [0, 0.1) is 0 Å². The van der Waals surface area contributed by atoms with Crippen molar-refractivity contribution < 1.29 is 0 Å². The summed E-state index contributed by atoms with van der Waals surface area (Å²) in [4.78, 5) is 14.9. The van der Waals surface area contributed by atoms with Crippen LogP contribution in [0.25, 0.3) is 111 Å². The third-order valence-corrected chi connectivity index (χ3v) is 11.8. The molecule has 62 heavy (non-hydrogen) atoms. The van der Waals surface area contributed by atoms with Gasteiger partial charge in [0.1, 0.15) is 0 Å². The molecular formula is C59H39N3. The molecule has 0 N–H and O–H groups in total. The van der Waals surface area contributed by atoms with Gasteiger partial charge < -0.3 is 0 Å². The molecule has 0 radical (unpaired) electrons. The lowest BCUT2D eigenvalue weighted by molar-refractivity contribution is 1.32. The molecule has 11 rings (SSSR count). The highest BCUT2D eigenvalue weighted by atomic mass is 14.7. The van der Waals surface area contributed by atoms with Crippen LogP contribution in [-0.2, 0) is 0 Å². The fraction of sp³-hybridized carbons (Fsp3) is 0. The van der Waals surface area contributed by atoms with E-state index in [2.05, 4.69) is 206 Å². The molecule has 0 spiro atoms. The first-order chi connectivity index (χ1) is 30.7. The molecule has 3 aromatic heterocycles. The molecule has 3 nitrogen and oxygen atoms in total. The minimum absolute atomic E-state index is 0.951. The Bertz CT molecular complexity index is 3230. The van der Waals surface area contributed by atoms with Crippen molar-refractivity contribution in [1.29, 1.82) is 0 Å². The highest BCUT2D eigenvalue weighted by molar-refractivity contribution is 6.06. The number of pyridine rings is 3. The van der Waals surface area contributed by atoms with Gasteiger partial charge in [-0.05, 0) is 91.9 Å².